The molecular weight excluding hydrogens is 303 g/mol. The Labute approximate surface area is 112 Å². The van der Waals surface area contributed by atoms with Crippen LogP contribution in [0.4, 0.5) is 9.39 Å². The van der Waals surface area contributed by atoms with Gasteiger partial charge in [-0.2, -0.15) is 0 Å². The Bertz CT molecular complexity index is 551. The molecule has 0 fully saturated rings. The first-order chi connectivity index (χ1) is 7.99. The number of nitrogens with zero attached hydrogens (tertiary/aromatic N) is 1. The molecule has 0 amide bonds. The van der Waals surface area contributed by atoms with Gasteiger partial charge in [0.05, 0.1) is 5.01 Å². The molecule has 0 aliphatic heterocycles. The Hall–Kier alpha value is -0.940. The molecule has 0 aliphatic rings. The number of nitrogens with two attached hydrogens (primary N) is 1. The van der Waals surface area contributed by atoms with Crippen molar-refractivity contribution in [2.45, 2.75) is 19.8 Å². The van der Waals surface area contributed by atoms with E-state index in [0.29, 0.717) is 15.4 Å². The standard InChI is InChI=1S/C12H12BrFN2S/c1-6(2)12-16-10(11(15)17-12)8-4-3-7(14)5-9(8)13/h3-6H,15H2,1-2H3. The van der Waals surface area contributed by atoms with Crippen molar-refractivity contribution in [2.24, 2.45) is 0 Å². The fraction of sp³-hybridized carbons (Fsp3) is 0.250. The number of halogens is 2. The van der Waals surface area contributed by atoms with Crippen molar-refractivity contribution >= 4 is 32.3 Å². The Morgan fingerprint density at radius 1 is 1.41 bits per heavy atom. The van der Waals surface area contributed by atoms with Gasteiger partial charge in [0, 0.05) is 16.0 Å². The summed E-state index contributed by atoms with van der Waals surface area (Å²) in [6.45, 7) is 4.14. The monoisotopic (exact) mass is 314 g/mol. The maximum absolute atomic E-state index is 13.0. The third-order valence-corrected chi connectivity index (χ3v) is 4.19. The van der Waals surface area contributed by atoms with Crippen molar-refractivity contribution in [1.82, 2.24) is 4.98 Å². The minimum Gasteiger partial charge on any atom is -0.389 e. The van der Waals surface area contributed by atoms with Crippen molar-refractivity contribution in [3.63, 3.8) is 0 Å². The van der Waals surface area contributed by atoms with Crippen molar-refractivity contribution < 1.29 is 4.39 Å². The van der Waals surface area contributed by atoms with E-state index in [2.05, 4.69) is 34.8 Å². The molecule has 90 valence electrons. The largest absolute Gasteiger partial charge is 0.389 e. The summed E-state index contributed by atoms with van der Waals surface area (Å²) in [6, 6.07) is 4.52. The molecule has 0 unspecified atom stereocenters. The fourth-order valence-electron chi connectivity index (χ4n) is 1.47. The molecule has 2 rings (SSSR count). The Morgan fingerprint density at radius 3 is 2.65 bits per heavy atom. The van der Waals surface area contributed by atoms with Crippen LogP contribution in [0.15, 0.2) is 22.7 Å². The first-order valence-corrected chi connectivity index (χ1v) is 6.81. The van der Waals surface area contributed by atoms with E-state index >= 15 is 0 Å². The summed E-state index contributed by atoms with van der Waals surface area (Å²) >= 11 is 4.82. The molecular formula is C12H12BrFN2S. The second-order valence-corrected chi connectivity index (χ2v) is 5.96. The Balaban J connectivity index is 2.52. The van der Waals surface area contributed by atoms with Gasteiger partial charge in [-0.25, -0.2) is 9.37 Å². The lowest BCUT2D eigenvalue weighted by atomic mass is 10.1. The van der Waals surface area contributed by atoms with Crippen molar-refractivity contribution in [1.29, 1.82) is 0 Å². The number of thiazole rings is 1. The SMILES string of the molecule is CC(C)c1nc(-c2ccc(F)cc2Br)c(N)s1. The van der Waals surface area contributed by atoms with Crippen LogP contribution < -0.4 is 5.73 Å². The number of hydrogen-bond acceptors (Lipinski definition) is 3. The van der Waals surface area contributed by atoms with Gasteiger partial charge in [0.15, 0.2) is 0 Å². The second-order valence-electron chi connectivity index (χ2n) is 4.04. The van der Waals surface area contributed by atoms with Crippen LogP contribution in [0, 0.1) is 5.82 Å². The molecule has 0 saturated heterocycles. The van der Waals surface area contributed by atoms with Gasteiger partial charge in [0.1, 0.15) is 16.5 Å². The number of aromatic nitrogens is 1. The highest BCUT2D eigenvalue weighted by Gasteiger charge is 2.15. The summed E-state index contributed by atoms with van der Waals surface area (Å²) in [5, 5.41) is 1.66. The summed E-state index contributed by atoms with van der Waals surface area (Å²) < 4.78 is 13.7. The highest BCUT2D eigenvalue weighted by Crippen LogP contribution is 2.37. The minimum absolute atomic E-state index is 0.279. The van der Waals surface area contributed by atoms with E-state index in [1.54, 1.807) is 6.07 Å². The average molecular weight is 315 g/mol. The fourth-order valence-corrected chi connectivity index (χ4v) is 2.86. The molecule has 17 heavy (non-hydrogen) atoms. The number of benzene rings is 1. The van der Waals surface area contributed by atoms with Gasteiger partial charge in [0.2, 0.25) is 0 Å². The van der Waals surface area contributed by atoms with Crippen LogP contribution >= 0.6 is 27.3 Å². The maximum atomic E-state index is 13.0. The van der Waals surface area contributed by atoms with E-state index in [9.17, 15) is 4.39 Å². The highest BCUT2D eigenvalue weighted by atomic mass is 79.9. The molecule has 0 radical (unpaired) electrons. The van der Waals surface area contributed by atoms with Crippen LogP contribution in [0.3, 0.4) is 0 Å². The number of hydrogen-bond donors (Lipinski definition) is 1. The van der Waals surface area contributed by atoms with E-state index in [1.165, 1.54) is 23.5 Å². The summed E-state index contributed by atoms with van der Waals surface area (Å²) in [5.74, 6) is 0.0637. The predicted molar refractivity (Wildman–Crippen MR) is 73.7 cm³/mol. The van der Waals surface area contributed by atoms with E-state index in [1.807, 2.05) is 0 Å². The van der Waals surface area contributed by atoms with Gasteiger partial charge in [0.25, 0.3) is 0 Å². The Kier molecular flexibility index (Phi) is 3.49. The van der Waals surface area contributed by atoms with Gasteiger partial charge < -0.3 is 5.73 Å². The van der Waals surface area contributed by atoms with E-state index in [0.717, 1.165) is 16.3 Å². The van der Waals surface area contributed by atoms with Crippen LogP contribution in [0.25, 0.3) is 11.3 Å². The lowest BCUT2D eigenvalue weighted by Gasteiger charge is -2.02. The van der Waals surface area contributed by atoms with Crippen LogP contribution in [0.2, 0.25) is 0 Å². The van der Waals surface area contributed by atoms with Gasteiger partial charge >= 0.3 is 0 Å². The van der Waals surface area contributed by atoms with Gasteiger partial charge in [-0.15, -0.1) is 11.3 Å². The minimum atomic E-state index is -0.279. The van der Waals surface area contributed by atoms with Crippen LogP contribution in [-0.4, -0.2) is 4.98 Å². The zero-order chi connectivity index (χ0) is 12.6. The molecule has 0 atom stereocenters. The molecule has 5 heteroatoms. The van der Waals surface area contributed by atoms with Crippen LogP contribution in [0.1, 0.15) is 24.8 Å². The molecule has 0 spiro atoms. The summed E-state index contributed by atoms with van der Waals surface area (Å²) in [5.41, 5.74) is 7.51. The zero-order valence-electron chi connectivity index (χ0n) is 9.50. The molecule has 1 aromatic carbocycles. The first-order valence-electron chi connectivity index (χ1n) is 5.20. The molecule has 2 nitrogen and oxygen atoms in total. The van der Waals surface area contributed by atoms with Gasteiger partial charge in [-0.1, -0.05) is 13.8 Å². The van der Waals surface area contributed by atoms with E-state index in [-0.39, 0.29) is 5.82 Å². The van der Waals surface area contributed by atoms with Gasteiger partial charge in [-0.05, 0) is 34.1 Å². The third kappa shape index (κ3) is 2.50. The predicted octanol–water partition coefficient (Wildman–Crippen LogP) is 4.42. The third-order valence-electron chi connectivity index (χ3n) is 2.35. The lowest BCUT2D eigenvalue weighted by molar-refractivity contribution is 0.627. The molecule has 2 aromatic rings. The molecule has 0 saturated carbocycles. The highest BCUT2D eigenvalue weighted by molar-refractivity contribution is 9.10. The first kappa shape index (κ1) is 12.5. The quantitative estimate of drug-likeness (QED) is 0.891. The van der Waals surface area contributed by atoms with Crippen molar-refractivity contribution in [3.05, 3.63) is 33.5 Å². The normalized spacial score (nSPS) is 11.1. The Morgan fingerprint density at radius 2 is 2.12 bits per heavy atom. The number of anilines is 1. The molecule has 1 aromatic heterocycles. The van der Waals surface area contributed by atoms with Crippen molar-refractivity contribution in [2.75, 3.05) is 5.73 Å². The summed E-state index contributed by atoms with van der Waals surface area (Å²) in [7, 11) is 0. The van der Waals surface area contributed by atoms with Crippen molar-refractivity contribution in [3.8, 4) is 11.3 Å². The zero-order valence-corrected chi connectivity index (χ0v) is 11.9. The summed E-state index contributed by atoms with van der Waals surface area (Å²) in [4.78, 5) is 4.51. The van der Waals surface area contributed by atoms with Gasteiger partial charge in [-0.3, -0.25) is 0 Å². The van der Waals surface area contributed by atoms with Crippen LogP contribution in [0.5, 0.6) is 0 Å². The second kappa shape index (κ2) is 4.74. The van der Waals surface area contributed by atoms with Crippen LogP contribution in [-0.2, 0) is 0 Å². The molecule has 0 aliphatic carbocycles. The number of rotatable bonds is 2. The molecule has 0 bridgehead atoms. The smallest absolute Gasteiger partial charge is 0.124 e. The average Bonchev–Trinajstić information content (AvgIpc) is 2.61. The van der Waals surface area contributed by atoms with E-state index in [4.69, 9.17) is 5.73 Å². The topological polar surface area (TPSA) is 38.9 Å². The van der Waals surface area contributed by atoms with E-state index < -0.39 is 0 Å². The lowest BCUT2D eigenvalue weighted by Crippen LogP contribution is -1.89. The summed E-state index contributed by atoms with van der Waals surface area (Å²) in [6.07, 6.45) is 0. The number of nitrogen functional groups attached to an aromatic ring is 1. The maximum Gasteiger partial charge on any atom is 0.124 e. The molecule has 1 heterocycles. The molecule has 2 N–H and O–H groups in total.